The van der Waals surface area contributed by atoms with Crippen LogP contribution in [0.25, 0.3) is 0 Å². The Kier molecular flexibility index (Phi) is 9.13. The van der Waals surface area contributed by atoms with Crippen molar-refractivity contribution < 1.29 is 24.2 Å². The molecule has 1 aliphatic carbocycles. The zero-order valence-electron chi connectivity index (χ0n) is 20.5. The Morgan fingerprint density at radius 2 is 2.18 bits per heavy atom. The lowest BCUT2D eigenvalue weighted by Crippen LogP contribution is -2.52. The summed E-state index contributed by atoms with van der Waals surface area (Å²) in [5.41, 5.74) is 0.863. The van der Waals surface area contributed by atoms with Gasteiger partial charge in [0.15, 0.2) is 0 Å². The molecular formula is C25H36N4O5. The third-order valence-corrected chi connectivity index (χ3v) is 6.45. The van der Waals surface area contributed by atoms with Gasteiger partial charge in [-0.3, -0.25) is 4.79 Å². The summed E-state index contributed by atoms with van der Waals surface area (Å²) in [4.78, 5) is 33.8. The van der Waals surface area contributed by atoms with Crippen molar-refractivity contribution in [3.8, 4) is 17.7 Å². The number of fused-ring (bicyclic) bond motifs is 1. The number of aliphatic hydroxyl groups excluding tert-OH is 1. The van der Waals surface area contributed by atoms with E-state index in [1.54, 1.807) is 43.1 Å². The van der Waals surface area contributed by atoms with Crippen LogP contribution in [-0.4, -0.2) is 90.5 Å². The summed E-state index contributed by atoms with van der Waals surface area (Å²) in [7, 11) is 3.31. The molecule has 1 aromatic heterocycles. The van der Waals surface area contributed by atoms with Gasteiger partial charge in [-0.05, 0) is 25.8 Å². The molecule has 2 aliphatic rings. The van der Waals surface area contributed by atoms with Gasteiger partial charge in [0.05, 0.1) is 19.2 Å². The zero-order valence-corrected chi connectivity index (χ0v) is 20.5. The fourth-order valence-corrected chi connectivity index (χ4v) is 4.31. The van der Waals surface area contributed by atoms with Gasteiger partial charge >= 0.3 is 6.03 Å². The predicted octanol–water partition coefficient (Wildman–Crippen LogP) is 1.88. The first-order valence-corrected chi connectivity index (χ1v) is 11.9. The molecule has 0 radical (unpaired) electrons. The van der Waals surface area contributed by atoms with Crippen LogP contribution in [0.4, 0.5) is 4.79 Å². The number of hydrogen-bond acceptors (Lipinski definition) is 6. The number of aromatic nitrogens is 1. The van der Waals surface area contributed by atoms with Gasteiger partial charge in [-0.25, -0.2) is 9.78 Å². The van der Waals surface area contributed by atoms with E-state index in [1.165, 1.54) is 0 Å². The van der Waals surface area contributed by atoms with Crippen molar-refractivity contribution >= 4 is 11.9 Å². The van der Waals surface area contributed by atoms with E-state index in [2.05, 4.69) is 22.1 Å². The van der Waals surface area contributed by atoms with Gasteiger partial charge in [-0.1, -0.05) is 31.6 Å². The Bertz CT molecular complexity index is 922. The standard InChI is InChI=1S/C25H36N4O5/c1-17-14-29(18(2)16-30)24(31)21-12-19(8-7-11-33-4)13-26-23(21)34-22(17)15-28(3)25(32)27-20-9-5-6-10-20/h12-13,17-18,20,22,30H,5-6,9-11,14-16H2,1-4H3,(H,27,32)/t17-,18+,22+/m1/s1. The number of nitrogens with one attached hydrogen (secondary N) is 1. The molecule has 0 unspecified atom stereocenters. The largest absolute Gasteiger partial charge is 0.472 e. The van der Waals surface area contributed by atoms with Gasteiger partial charge < -0.3 is 29.7 Å². The fourth-order valence-electron chi connectivity index (χ4n) is 4.31. The van der Waals surface area contributed by atoms with Crippen molar-refractivity contribution in [2.75, 3.05) is 40.5 Å². The van der Waals surface area contributed by atoms with Gasteiger partial charge in [0.1, 0.15) is 18.3 Å². The Morgan fingerprint density at radius 1 is 1.44 bits per heavy atom. The van der Waals surface area contributed by atoms with Crippen LogP contribution in [0.3, 0.4) is 0 Å². The summed E-state index contributed by atoms with van der Waals surface area (Å²) in [6.07, 6.45) is 5.49. The fraction of sp³-hybridized carbons (Fsp3) is 0.640. The Hall–Kier alpha value is -2.83. The van der Waals surface area contributed by atoms with Crippen LogP contribution in [-0.2, 0) is 4.74 Å². The van der Waals surface area contributed by atoms with Crippen LogP contribution in [0, 0.1) is 17.8 Å². The summed E-state index contributed by atoms with van der Waals surface area (Å²) in [6, 6.07) is 1.38. The maximum atomic E-state index is 13.4. The van der Waals surface area contributed by atoms with Crippen molar-refractivity contribution in [2.24, 2.45) is 5.92 Å². The lowest BCUT2D eigenvalue weighted by molar-refractivity contribution is 0.0351. The van der Waals surface area contributed by atoms with Gasteiger partial charge in [-0.2, -0.15) is 0 Å². The van der Waals surface area contributed by atoms with Crippen LogP contribution < -0.4 is 10.1 Å². The molecule has 2 N–H and O–H groups in total. The smallest absolute Gasteiger partial charge is 0.317 e. The van der Waals surface area contributed by atoms with E-state index in [1.807, 2.05) is 6.92 Å². The zero-order chi connectivity index (χ0) is 24.7. The van der Waals surface area contributed by atoms with E-state index in [0.29, 0.717) is 24.2 Å². The first kappa shape index (κ1) is 25.8. The molecule has 1 saturated carbocycles. The lowest BCUT2D eigenvalue weighted by atomic mass is 10.00. The number of aliphatic hydroxyl groups is 1. The Morgan fingerprint density at radius 3 is 2.85 bits per heavy atom. The van der Waals surface area contributed by atoms with Crippen molar-refractivity contribution in [2.45, 2.75) is 57.7 Å². The summed E-state index contributed by atoms with van der Waals surface area (Å²) in [5.74, 6) is 5.64. The second-order valence-electron chi connectivity index (χ2n) is 9.25. The average molecular weight is 473 g/mol. The molecule has 9 heteroatoms. The monoisotopic (exact) mass is 472 g/mol. The van der Waals surface area contributed by atoms with E-state index in [9.17, 15) is 14.7 Å². The van der Waals surface area contributed by atoms with Crippen LogP contribution >= 0.6 is 0 Å². The minimum atomic E-state index is -0.391. The number of carbonyl (C=O) groups excluding carboxylic acids is 2. The highest BCUT2D eigenvalue weighted by molar-refractivity contribution is 5.97. The number of hydrogen-bond donors (Lipinski definition) is 2. The topological polar surface area (TPSA) is 104 Å². The average Bonchev–Trinajstić information content (AvgIpc) is 3.34. The van der Waals surface area contributed by atoms with Crippen LogP contribution in [0.1, 0.15) is 55.5 Å². The van der Waals surface area contributed by atoms with Gasteiger partial charge in [-0.15, -0.1) is 0 Å². The first-order chi connectivity index (χ1) is 16.3. The van der Waals surface area contributed by atoms with Crippen molar-refractivity contribution in [1.29, 1.82) is 0 Å². The van der Waals surface area contributed by atoms with Crippen LogP contribution in [0.2, 0.25) is 0 Å². The summed E-state index contributed by atoms with van der Waals surface area (Å²) in [6.45, 7) is 4.61. The summed E-state index contributed by atoms with van der Waals surface area (Å²) in [5, 5.41) is 12.9. The molecule has 3 amide bonds. The molecule has 1 aromatic rings. The molecule has 1 aliphatic heterocycles. The number of methoxy groups -OCH3 is 1. The van der Waals surface area contributed by atoms with Crippen LogP contribution in [0.15, 0.2) is 12.3 Å². The quantitative estimate of drug-likeness (QED) is 0.613. The number of nitrogens with zero attached hydrogens (tertiary/aromatic N) is 3. The van der Waals surface area contributed by atoms with Crippen LogP contribution in [0.5, 0.6) is 5.88 Å². The van der Waals surface area contributed by atoms with Gasteiger partial charge in [0.2, 0.25) is 5.88 Å². The number of likely N-dealkylation sites (N-methyl/N-ethyl adjacent to an activating group) is 1. The van der Waals surface area contributed by atoms with E-state index < -0.39 is 6.10 Å². The number of rotatable bonds is 6. The van der Waals surface area contributed by atoms with E-state index >= 15 is 0 Å². The highest BCUT2D eigenvalue weighted by Gasteiger charge is 2.35. The number of carbonyl (C=O) groups is 2. The third-order valence-electron chi connectivity index (χ3n) is 6.45. The molecule has 0 saturated heterocycles. The number of amides is 3. The number of pyridine rings is 1. The van der Waals surface area contributed by atoms with Gasteiger partial charge in [0, 0.05) is 44.4 Å². The number of urea groups is 1. The molecular weight excluding hydrogens is 436 g/mol. The molecule has 9 nitrogen and oxygen atoms in total. The highest BCUT2D eigenvalue weighted by Crippen LogP contribution is 2.27. The summed E-state index contributed by atoms with van der Waals surface area (Å²) < 4.78 is 11.2. The van der Waals surface area contributed by atoms with E-state index in [0.717, 1.165) is 25.7 Å². The van der Waals surface area contributed by atoms with E-state index in [4.69, 9.17) is 9.47 Å². The first-order valence-electron chi connectivity index (χ1n) is 11.9. The van der Waals surface area contributed by atoms with Crippen molar-refractivity contribution in [1.82, 2.24) is 20.1 Å². The second-order valence-corrected chi connectivity index (χ2v) is 9.25. The number of ether oxygens (including phenoxy) is 2. The highest BCUT2D eigenvalue weighted by atomic mass is 16.5. The molecule has 2 heterocycles. The Balaban J connectivity index is 1.85. The minimum Gasteiger partial charge on any atom is -0.472 e. The molecule has 0 aromatic carbocycles. The van der Waals surface area contributed by atoms with Gasteiger partial charge in [0.25, 0.3) is 5.91 Å². The molecule has 3 atom stereocenters. The minimum absolute atomic E-state index is 0.101. The second kappa shape index (κ2) is 12.0. The normalized spacial score (nSPS) is 21.4. The maximum absolute atomic E-state index is 13.4. The SMILES string of the molecule is COCC#Cc1cnc2c(c1)C(=O)N([C@@H](C)CO)C[C@@H](C)[C@H](CN(C)C(=O)NC1CCCC1)O2. The maximum Gasteiger partial charge on any atom is 0.317 e. The Labute approximate surface area is 201 Å². The predicted molar refractivity (Wildman–Crippen MR) is 128 cm³/mol. The molecule has 0 spiro atoms. The third kappa shape index (κ3) is 6.39. The van der Waals surface area contributed by atoms with Crippen molar-refractivity contribution in [3.05, 3.63) is 23.4 Å². The molecule has 1 fully saturated rings. The molecule has 186 valence electrons. The molecule has 34 heavy (non-hydrogen) atoms. The lowest BCUT2D eigenvalue weighted by Gasteiger charge is -2.37. The summed E-state index contributed by atoms with van der Waals surface area (Å²) >= 11 is 0. The molecule has 0 bridgehead atoms. The van der Waals surface area contributed by atoms with E-state index in [-0.39, 0.29) is 49.0 Å². The van der Waals surface area contributed by atoms with Crippen molar-refractivity contribution in [3.63, 3.8) is 0 Å². The molecule has 3 rings (SSSR count).